The van der Waals surface area contributed by atoms with Gasteiger partial charge < -0.3 is 30.2 Å². The first-order valence-electron chi connectivity index (χ1n) is 18.7. The Morgan fingerprint density at radius 1 is 0.957 bits per heavy atom. The molecule has 1 saturated heterocycles. The number of carboxylic acid groups (broad SMARTS) is 1. The Kier molecular flexibility index (Phi) is 13.4. The zero-order valence-electron chi connectivity index (χ0n) is 29.9. The van der Waals surface area contributed by atoms with Gasteiger partial charge >= 0.3 is 12.0 Å². The fourth-order valence-corrected chi connectivity index (χ4v) is 8.37. The molecule has 1 aromatic heterocycles. The van der Waals surface area contributed by atoms with E-state index in [9.17, 15) is 19.5 Å². The van der Waals surface area contributed by atoms with Gasteiger partial charge in [0.15, 0.2) is 11.6 Å². The van der Waals surface area contributed by atoms with Crippen LogP contribution in [-0.2, 0) is 14.3 Å². The summed E-state index contributed by atoms with van der Waals surface area (Å²) in [5, 5.41) is 16.8. The summed E-state index contributed by atoms with van der Waals surface area (Å²) < 4.78 is 12.0. The molecule has 2 saturated carbocycles. The van der Waals surface area contributed by atoms with Crippen LogP contribution in [0, 0.1) is 11.3 Å². The van der Waals surface area contributed by atoms with Crippen molar-refractivity contribution in [3.63, 3.8) is 0 Å². The summed E-state index contributed by atoms with van der Waals surface area (Å²) in [5.74, 6) is -2.57. The molecule has 1 aliphatic heterocycles. The largest absolute Gasteiger partial charge is 0.481 e. The van der Waals surface area contributed by atoms with E-state index in [2.05, 4.69) is 22.5 Å². The molecule has 266 valence electrons. The van der Waals surface area contributed by atoms with E-state index in [1.165, 1.54) is 44.9 Å². The topological polar surface area (TPSA) is 130 Å². The Bertz CT molecular complexity index is 1170. The first kappa shape index (κ1) is 37.4. The molecule has 0 radical (unpaired) electrons. The van der Waals surface area contributed by atoms with Crippen LogP contribution < -0.4 is 10.6 Å². The number of ether oxygens (including phenoxy) is 2. The summed E-state index contributed by atoms with van der Waals surface area (Å²) in [6.07, 6.45) is 19.8. The van der Waals surface area contributed by atoms with Crippen LogP contribution in [-0.4, -0.2) is 58.0 Å². The number of unbranched alkanes of at least 4 members (excludes halogenated alkanes) is 7. The van der Waals surface area contributed by atoms with Crippen LogP contribution in [0.4, 0.5) is 4.79 Å². The summed E-state index contributed by atoms with van der Waals surface area (Å²) in [6, 6.07) is 1.43. The molecule has 2 aliphatic carbocycles. The van der Waals surface area contributed by atoms with Crippen molar-refractivity contribution in [1.29, 1.82) is 0 Å². The highest BCUT2D eigenvalue weighted by Gasteiger charge is 2.47. The molecule has 1 aromatic rings. The van der Waals surface area contributed by atoms with Crippen molar-refractivity contribution in [2.45, 2.75) is 180 Å². The third-order valence-electron chi connectivity index (χ3n) is 11.1. The number of carboxylic acids is 1. The summed E-state index contributed by atoms with van der Waals surface area (Å²) >= 11 is 0. The summed E-state index contributed by atoms with van der Waals surface area (Å²) in [5.41, 5.74) is 0.389. The first-order chi connectivity index (χ1) is 22.4. The zero-order valence-corrected chi connectivity index (χ0v) is 29.9. The van der Waals surface area contributed by atoms with Crippen molar-refractivity contribution in [2.24, 2.45) is 11.3 Å². The smallest absolute Gasteiger partial charge is 0.315 e. The van der Waals surface area contributed by atoms with Crippen LogP contribution >= 0.6 is 0 Å². The normalized spacial score (nSPS) is 25.6. The molecule has 9 nitrogen and oxygen atoms in total. The highest BCUT2D eigenvalue weighted by molar-refractivity contribution is 6.01. The number of amides is 2. The van der Waals surface area contributed by atoms with Crippen LogP contribution in [0.5, 0.6) is 0 Å². The number of Topliss-reactive ketones (excluding diaryl/α,β-unsaturated/α-hetero) is 1. The average molecular weight is 658 g/mol. The minimum absolute atomic E-state index is 0.122. The molecule has 3 aliphatic rings. The van der Waals surface area contributed by atoms with Crippen molar-refractivity contribution < 1.29 is 29.0 Å². The fraction of sp³-hybridized carbons (Fsp3) is 0.816. The first-order valence-corrected chi connectivity index (χ1v) is 18.7. The van der Waals surface area contributed by atoms with Gasteiger partial charge in [0.05, 0.1) is 13.0 Å². The fourth-order valence-electron chi connectivity index (χ4n) is 8.37. The molecule has 2 heterocycles. The number of hydrogen-bond donors (Lipinski definition) is 4. The van der Waals surface area contributed by atoms with E-state index in [1.807, 2.05) is 27.7 Å². The van der Waals surface area contributed by atoms with Crippen molar-refractivity contribution in [1.82, 2.24) is 15.6 Å². The van der Waals surface area contributed by atoms with Gasteiger partial charge in [-0.25, -0.2) is 4.79 Å². The Labute approximate surface area is 283 Å². The lowest BCUT2D eigenvalue weighted by Gasteiger charge is -2.45. The van der Waals surface area contributed by atoms with E-state index in [4.69, 9.17) is 9.47 Å². The quantitative estimate of drug-likeness (QED) is 0.0980. The van der Waals surface area contributed by atoms with Crippen LogP contribution in [0.3, 0.4) is 0 Å². The molecule has 4 unspecified atom stereocenters. The van der Waals surface area contributed by atoms with Gasteiger partial charge in [0.1, 0.15) is 6.10 Å². The van der Waals surface area contributed by atoms with Crippen molar-refractivity contribution in [3.05, 3.63) is 23.5 Å². The predicted octanol–water partition coefficient (Wildman–Crippen LogP) is 8.64. The number of hydrogen-bond acceptors (Lipinski definition) is 5. The molecule has 9 heteroatoms. The number of carbonyl (C=O) groups is 3. The van der Waals surface area contributed by atoms with Crippen LogP contribution in [0.25, 0.3) is 0 Å². The van der Waals surface area contributed by atoms with Crippen LogP contribution in [0.1, 0.15) is 172 Å². The molecule has 0 aromatic carbocycles. The van der Waals surface area contributed by atoms with Gasteiger partial charge in [-0.1, -0.05) is 97.8 Å². The van der Waals surface area contributed by atoms with Gasteiger partial charge in [-0.3, -0.25) is 9.59 Å². The molecular formula is C38H63N3O6. The van der Waals surface area contributed by atoms with E-state index in [1.54, 1.807) is 12.3 Å². The molecule has 2 amide bonds. The second kappa shape index (κ2) is 16.8. The van der Waals surface area contributed by atoms with Gasteiger partial charge in [-0.15, -0.1) is 0 Å². The minimum atomic E-state index is -0.921. The number of urea groups is 1. The Balaban J connectivity index is 1.45. The average Bonchev–Trinajstić information content (AvgIpc) is 3.69. The summed E-state index contributed by atoms with van der Waals surface area (Å²) in [6.45, 7) is 10.2. The number of nitrogens with one attached hydrogen (secondary N) is 3. The molecule has 47 heavy (non-hydrogen) atoms. The molecule has 4 N–H and O–H groups in total. The number of aliphatic carboxylic acids is 1. The molecule has 4 rings (SSSR count). The lowest BCUT2D eigenvalue weighted by molar-refractivity contribution is -0.298. The molecule has 0 bridgehead atoms. The SMILES string of the molecule is CCCCCCCCCCC1(NC(=O)NC2CCCCC2C(CC(=O)O)c2[nH]ccc2C(=O)C2OC(C)(C)OCC2(C)C)CCCC1. The maximum absolute atomic E-state index is 14.1. The highest BCUT2D eigenvalue weighted by Crippen LogP contribution is 2.42. The Hall–Kier alpha value is -2.39. The van der Waals surface area contributed by atoms with E-state index >= 15 is 0 Å². The predicted molar refractivity (Wildman–Crippen MR) is 185 cm³/mol. The monoisotopic (exact) mass is 657 g/mol. The molecule has 0 spiro atoms. The van der Waals surface area contributed by atoms with Crippen LogP contribution in [0.2, 0.25) is 0 Å². The summed E-state index contributed by atoms with van der Waals surface area (Å²) in [7, 11) is 0. The van der Waals surface area contributed by atoms with Crippen molar-refractivity contribution in [2.75, 3.05) is 6.61 Å². The second-order valence-electron chi connectivity index (χ2n) is 15.9. The lowest BCUT2D eigenvalue weighted by atomic mass is 9.72. The van der Waals surface area contributed by atoms with Gasteiger partial charge in [0.2, 0.25) is 0 Å². The maximum atomic E-state index is 14.1. The van der Waals surface area contributed by atoms with Gasteiger partial charge in [-0.2, -0.15) is 0 Å². The molecule has 4 atom stereocenters. The third-order valence-corrected chi connectivity index (χ3v) is 11.1. The number of aromatic amines is 1. The van der Waals surface area contributed by atoms with E-state index in [-0.39, 0.29) is 35.7 Å². The number of ketones is 1. The van der Waals surface area contributed by atoms with Gasteiger partial charge in [-0.05, 0) is 57.9 Å². The summed E-state index contributed by atoms with van der Waals surface area (Å²) in [4.78, 5) is 43.3. The van der Waals surface area contributed by atoms with E-state index in [0.29, 0.717) is 17.9 Å². The van der Waals surface area contributed by atoms with E-state index < -0.39 is 29.2 Å². The highest BCUT2D eigenvalue weighted by atomic mass is 16.7. The number of rotatable bonds is 17. The van der Waals surface area contributed by atoms with Gasteiger partial charge in [0.25, 0.3) is 0 Å². The molecule has 3 fully saturated rings. The molecular weight excluding hydrogens is 594 g/mol. The van der Waals surface area contributed by atoms with Gasteiger partial charge in [0, 0.05) is 40.4 Å². The second-order valence-corrected chi connectivity index (χ2v) is 15.9. The van der Waals surface area contributed by atoms with Crippen LogP contribution in [0.15, 0.2) is 12.3 Å². The third kappa shape index (κ3) is 10.3. The zero-order chi connectivity index (χ0) is 34.1. The maximum Gasteiger partial charge on any atom is 0.315 e. The van der Waals surface area contributed by atoms with Crippen molar-refractivity contribution in [3.8, 4) is 0 Å². The number of aromatic nitrogens is 1. The minimum Gasteiger partial charge on any atom is -0.481 e. The lowest BCUT2D eigenvalue weighted by Crippen LogP contribution is -2.55. The Morgan fingerprint density at radius 2 is 1.62 bits per heavy atom. The standard InChI is InChI=1S/C38H63N3O6/c1-6-7-8-9-10-11-12-15-21-38(22-16-17-23-38)41-35(45)40-30-19-14-13-18-27(30)29(25-31(42)43)32-28(20-24-39-32)33(44)34-36(2,3)26-46-37(4,5)47-34/h20,24,27,29-30,34,39H,6-19,21-23,25-26H2,1-5H3,(H,42,43)(H2,40,41,45). The van der Waals surface area contributed by atoms with E-state index in [0.717, 1.165) is 64.2 Å². The number of H-pyrrole nitrogens is 1. The number of carbonyl (C=O) groups excluding carboxylic acids is 2. The Morgan fingerprint density at radius 3 is 2.30 bits per heavy atom. The van der Waals surface area contributed by atoms with Crippen molar-refractivity contribution >= 4 is 17.8 Å².